The van der Waals surface area contributed by atoms with Crippen molar-refractivity contribution in [2.24, 2.45) is 0 Å². The highest BCUT2D eigenvalue weighted by atomic mass is 79.9. The SMILES string of the molecule is OC(COc1ccccc1Br)(c1ccc2c(cnn2-c2ccc(F)cc2)c1)C(F)(F)F. The van der Waals surface area contributed by atoms with Crippen molar-refractivity contribution in [3.63, 3.8) is 0 Å². The molecular formula is C22H15BrF4N2O2. The summed E-state index contributed by atoms with van der Waals surface area (Å²) in [7, 11) is 0. The number of benzene rings is 3. The molecule has 31 heavy (non-hydrogen) atoms. The van der Waals surface area contributed by atoms with Crippen molar-refractivity contribution in [2.45, 2.75) is 11.8 Å². The summed E-state index contributed by atoms with van der Waals surface area (Å²) in [6.45, 7) is -1.03. The van der Waals surface area contributed by atoms with E-state index in [0.29, 0.717) is 21.1 Å². The average Bonchev–Trinajstić information content (AvgIpc) is 3.16. The number of alkyl halides is 3. The Bertz CT molecular complexity index is 1220. The van der Waals surface area contributed by atoms with Crippen molar-refractivity contribution in [1.29, 1.82) is 0 Å². The first-order chi connectivity index (χ1) is 14.7. The van der Waals surface area contributed by atoms with Crippen LogP contribution < -0.4 is 4.74 Å². The Balaban J connectivity index is 1.71. The van der Waals surface area contributed by atoms with Gasteiger partial charge in [0.1, 0.15) is 18.2 Å². The first-order valence-electron chi connectivity index (χ1n) is 9.10. The van der Waals surface area contributed by atoms with Gasteiger partial charge in [0.15, 0.2) is 0 Å². The van der Waals surface area contributed by atoms with Gasteiger partial charge < -0.3 is 9.84 Å². The van der Waals surface area contributed by atoms with Gasteiger partial charge in [0, 0.05) is 5.39 Å². The molecule has 0 radical (unpaired) electrons. The second-order valence-electron chi connectivity index (χ2n) is 6.88. The van der Waals surface area contributed by atoms with E-state index < -0.39 is 24.2 Å². The molecule has 0 saturated carbocycles. The van der Waals surface area contributed by atoms with Crippen LogP contribution in [0.4, 0.5) is 17.6 Å². The zero-order valence-electron chi connectivity index (χ0n) is 15.8. The van der Waals surface area contributed by atoms with E-state index in [4.69, 9.17) is 4.74 Å². The van der Waals surface area contributed by atoms with E-state index in [2.05, 4.69) is 21.0 Å². The molecule has 3 aromatic carbocycles. The first-order valence-corrected chi connectivity index (χ1v) is 9.89. The Labute approximate surface area is 182 Å². The van der Waals surface area contributed by atoms with E-state index in [1.807, 2.05) is 0 Å². The van der Waals surface area contributed by atoms with Gasteiger partial charge in [-0.1, -0.05) is 18.2 Å². The summed E-state index contributed by atoms with van der Waals surface area (Å²) in [5.41, 5.74) is -2.56. The predicted molar refractivity (Wildman–Crippen MR) is 111 cm³/mol. The van der Waals surface area contributed by atoms with Gasteiger partial charge in [0.2, 0.25) is 5.60 Å². The van der Waals surface area contributed by atoms with Crippen LogP contribution in [0.1, 0.15) is 5.56 Å². The molecule has 4 aromatic rings. The molecule has 1 N–H and O–H groups in total. The van der Waals surface area contributed by atoms with Gasteiger partial charge in [-0.25, -0.2) is 9.07 Å². The van der Waals surface area contributed by atoms with Crippen molar-refractivity contribution in [3.05, 3.63) is 88.8 Å². The molecule has 0 spiro atoms. The van der Waals surface area contributed by atoms with Crippen LogP contribution in [0.5, 0.6) is 5.75 Å². The second kappa shape index (κ2) is 7.97. The summed E-state index contributed by atoms with van der Waals surface area (Å²) in [5, 5.41) is 15.2. The number of aliphatic hydroxyl groups is 1. The fraction of sp³-hybridized carbons (Fsp3) is 0.136. The van der Waals surface area contributed by atoms with Crippen LogP contribution in [0.25, 0.3) is 16.6 Å². The number of hydrogen-bond acceptors (Lipinski definition) is 3. The van der Waals surface area contributed by atoms with Crippen molar-refractivity contribution in [1.82, 2.24) is 9.78 Å². The van der Waals surface area contributed by atoms with Crippen LogP contribution >= 0.6 is 15.9 Å². The number of nitrogens with zero attached hydrogens (tertiary/aromatic N) is 2. The van der Waals surface area contributed by atoms with Crippen molar-refractivity contribution in [3.8, 4) is 11.4 Å². The monoisotopic (exact) mass is 494 g/mol. The largest absolute Gasteiger partial charge is 0.489 e. The maximum absolute atomic E-state index is 13.9. The number of aromatic nitrogens is 2. The van der Waals surface area contributed by atoms with Crippen LogP contribution in [0.2, 0.25) is 0 Å². The highest BCUT2D eigenvalue weighted by molar-refractivity contribution is 9.10. The molecule has 160 valence electrons. The van der Waals surface area contributed by atoms with Crippen molar-refractivity contribution in [2.75, 3.05) is 6.61 Å². The third kappa shape index (κ3) is 4.03. The Hall–Kier alpha value is -2.91. The molecule has 0 amide bonds. The normalized spacial score (nSPS) is 13.9. The molecule has 0 fully saturated rings. The van der Waals surface area contributed by atoms with Gasteiger partial charge in [0.05, 0.1) is 21.9 Å². The molecule has 0 aliphatic carbocycles. The minimum atomic E-state index is -4.99. The Kier molecular flexibility index (Phi) is 5.49. The molecule has 0 bridgehead atoms. The van der Waals surface area contributed by atoms with E-state index in [0.717, 1.165) is 0 Å². The predicted octanol–water partition coefficient (Wildman–Crippen LogP) is 5.76. The molecule has 9 heteroatoms. The van der Waals surface area contributed by atoms with E-state index >= 15 is 0 Å². The van der Waals surface area contributed by atoms with Crippen LogP contribution in [0, 0.1) is 5.82 Å². The summed E-state index contributed by atoms with van der Waals surface area (Å²) in [6, 6.07) is 15.8. The number of ether oxygens (including phenoxy) is 1. The summed E-state index contributed by atoms with van der Waals surface area (Å²) in [5.74, 6) is -0.238. The Morgan fingerprint density at radius 1 is 1.00 bits per heavy atom. The third-order valence-corrected chi connectivity index (χ3v) is 5.51. The number of rotatable bonds is 5. The standard InChI is InChI=1S/C22H15BrF4N2O2/c23-18-3-1-2-4-20(18)31-13-21(30,22(25,26)27)15-5-10-19-14(11-15)12-28-29(19)17-8-6-16(24)7-9-17/h1-12,30H,13H2. The van der Waals surface area contributed by atoms with E-state index in [-0.39, 0.29) is 11.3 Å². The molecular weight excluding hydrogens is 480 g/mol. The Morgan fingerprint density at radius 2 is 1.71 bits per heavy atom. The lowest BCUT2D eigenvalue weighted by atomic mass is 9.93. The highest BCUT2D eigenvalue weighted by Crippen LogP contribution is 2.41. The molecule has 0 aliphatic rings. The topological polar surface area (TPSA) is 47.3 Å². The van der Waals surface area contributed by atoms with Gasteiger partial charge in [-0.05, 0) is 70.0 Å². The molecule has 4 nitrogen and oxygen atoms in total. The summed E-state index contributed by atoms with van der Waals surface area (Å²) in [4.78, 5) is 0. The van der Waals surface area contributed by atoms with E-state index in [9.17, 15) is 22.7 Å². The van der Waals surface area contributed by atoms with Gasteiger partial charge >= 0.3 is 6.18 Å². The quantitative estimate of drug-likeness (QED) is 0.359. The number of fused-ring (bicyclic) bond motifs is 1. The zero-order chi connectivity index (χ0) is 22.2. The number of halogens is 5. The maximum atomic E-state index is 13.9. The van der Waals surface area contributed by atoms with Crippen LogP contribution in [0.3, 0.4) is 0 Å². The molecule has 0 aliphatic heterocycles. The fourth-order valence-corrected chi connectivity index (χ4v) is 3.55. The van der Waals surface area contributed by atoms with Crippen LogP contribution in [0.15, 0.2) is 77.4 Å². The van der Waals surface area contributed by atoms with Gasteiger partial charge in [0.25, 0.3) is 0 Å². The first kappa shape index (κ1) is 21.3. The minimum Gasteiger partial charge on any atom is -0.489 e. The highest BCUT2D eigenvalue weighted by Gasteiger charge is 2.56. The molecule has 1 heterocycles. The molecule has 0 saturated heterocycles. The number of hydrogen-bond donors (Lipinski definition) is 1. The molecule has 1 unspecified atom stereocenters. The summed E-state index contributed by atoms with van der Waals surface area (Å²) < 4.78 is 62.1. The third-order valence-electron chi connectivity index (χ3n) is 4.86. The second-order valence-corrected chi connectivity index (χ2v) is 7.74. The van der Waals surface area contributed by atoms with Gasteiger partial charge in [-0.15, -0.1) is 0 Å². The van der Waals surface area contributed by atoms with Crippen LogP contribution in [-0.2, 0) is 5.60 Å². The fourth-order valence-electron chi connectivity index (χ4n) is 3.15. The van der Waals surface area contributed by atoms with Crippen LogP contribution in [-0.4, -0.2) is 27.7 Å². The van der Waals surface area contributed by atoms with Crippen molar-refractivity contribution >= 4 is 26.8 Å². The van der Waals surface area contributed by atoms with E-state index in [1.54, 1.807) is 18.2 Å². The smallest absolute Gasteiger partial charge is 0.424 e. The summed E-state index contributed by atoms with van der Waals surface area (Å²) in [6.07, 6.45) is -3.61. The zero-order valence-corrected chi connectivity index (χ0v) is 17.4. The Morgan fingerprint density at radius 3 is 2.39 bits per heavy atom. The maximum Gasteiger partial charge on any atom is 0.424 e. The lowest BCUT2D eigenvalue weighted by molar-refractivity contribution is -0.275. The lowest BCUT2D eigenvalue weighted by Crippen LogP contribution is -2.47. The van der Waals surface area contributed by atoms with Crippen molar-refractivity contribution < 1.29 is 27.4 Å². The molecule has 1 aromatic heterocycles. The minimum absolute atomic E-state index is 0.176. The molecule has 1 atom stereocenters. The van der Waals surface area contributed by atoms with Gasteiger partial charge in [-0.2, -0.15) is 18.3 Å². The average molecular weight is 495 g/mol. The summed E-state index contributed by atoms with van der Waals surface area (Å²) >= 11 is 3.21. The number of para-hydroxylation sites is 1. The van der Waals surface area contributed by atoms with E-state index in [1.165, 1.54) is 59.4 Å². The molecule has 4 rings (SSSR count). The van der Waals surface area contributed by atoms with Gasteiger partial charge in [-0.3, -0.25) is 0 Å². The lowest BCUT2D eigenvalue weighted by Gasteiger charge is -2.31.